The van der Waals surface area contributed by atoms with Crippen molar-refractivity contribution in [2.45, 2.75) is 44.2 Å². The van der Waals surface area contributed by atoms with Crippen LogP contribution >= 0.6 is 15.9 Å². The number of hydrogen-bond acceptors (Lipinski definition) is 2. The molecule has 1 saturated carbocycles. The lowest BCUT2D eigenvalue weighted by Crippen LogP contribution is -2.46. The van der Waals surface area contributed by atoms with Crippen molar-refractivity contribution in [1.82, 2.24) is 10.2 Å². The average Bonchev–Trinajstić information content (AvgIpc) is 3.30. The highest BCUT2D eigenvalue weighted by Gasteiger charge is 2.34. The van der Waals surface area contributed by atoms with Crippen LogP contribution in [-0.4, -0.2) is 36.0 Å². The Morgan fingerprint density at radius 3 is 2.55 bits per heavy atom. The first kappa shape index (κ1) is 14.1. The van der Waals surface area contributed by atoms with Crippen LogP contribution in [0.25, 0.3) is 0 Å². The lowest BCUT2D eigenvalue weighted by molar-refractivity contribution is 0.0718. The summed E-state index contributed by atoms with van der Waals surface area (Å²) in [7, 11) is 0. The van der Waals surface area contributed by atoms with Crippen LogP contribution in [0.3, 0.4) is 0 Å². The Morgan fingerprint density at radius 2 is 1.95 bits per heavy atom. The molecule has 1 N–H and O–H groups in total. The Labute approximate surface area is 128 Å². The minimum Gasteiger partial charge on any atom is -0.334 e. The molecule has 0 aromatic heterocycles. The number of nitrogens with zero attached hydrogens (tertiary/aromatic N) is 1. The molecule has 1 saturated heterocycles. The monoisotopic (exact) mass is 336 g/mol. The van der Waals surface area contributed by atoms with Gasteiger partial charge in [0.25, 0.3) is 5.91 Å². The van der Waals surface area contributed by atoms with E-state index in [2.05, 4.69) is 26.1 Å². The average molecular weight is 337 g/mol. The van der Waals surface area contributed by atoms with Gasteiger partial charge in [0.05, 0.1) is 0 Å². The molecule has 4 heteroatoms. The van der Waals surface area contributed by atoms with Crippen LogP contribution in [0.15, 0.2) is 28.7 Å². The third-order valence-corrected chi connectivity index (χ3v) is 4.70. The van der Waals surface area contributed by atoms with Gasteiger partial charge in [-0.1, -0.05) is 22.4 Å². The summed E-state index contributed by atoms with van der Waals surface area (Å²) in [6.07, 6.45) is 6.06. The summed E-state index contributed by atoms with van der Waals surface area (Å²) in [5, 5.41) is 3.55. The molecule has 2 aliphatic rings. The van der Waals surface area contributed by atoms with Crippen LogP contribution in [0.2, 0.25) is 0 Å². The molecule has 1 aliphatic carbocycles. The van der Waals surface area contributed by atoms with E-state index in [0.29, 0.717) is 12.1 Å². The number of benzene rings is 1. The Bertz CT molecular complexity index is 464. The smallest absolute Gasteiger partial charge is 0.254 e. The molecule has 1 amide bonds. The molecule has 20 heavy (non-hydrogen) atoms. The highest BCUT2D eigenvalue weighted by molar-refractivity contribution is 9.10. The standard InChI is InChI=1S/C16H21BrN2O/c17-13-6-4-12(5-7-13)16(20)19(15-8-9-15)11-14-3-1-2-10-18-14/h4-7,14-15,18H,1-3,8-11H2. The molecule has 1 aliphatic heterocycles. The minimum absolute atomic E-state index is 0.187. The Kier molecular flexibility index (Phi) is 4.41. The number of piperidine rings is 1. The fraction of sp³-hybridized carbons (Fsp3) is 0.562. The zero-order valence-corrected chi connectivity index (χ0v) is 13.2. The van der Waals surface area contributed by atoms with Crippen LogP contribution in [0.4, 0.5) is 0 Å². The van der Waals surface area contributed by atoms with E-state index in [0.717, 1.165) is 36.0 Å². The first-order valence-corrected chi connectivity index (χ1v) is 8.33. The zero-order chi connectivity index (χ0) is 13.9. The predicted octanol–water partition coefficient (Wildman–Crippen LogP) is 3.20. The van der Waals surface area contributed by atoms with E-state index in [1.54, 1.807) is 0 Å². The fourth-order valence-electron chi connectivity index (χ4n) is 2.86. The van der Waals surface area contributed by atoms with Crippen LogP contribution in [0.1, 0.15) is 42.5 Å². The van der Waals surface area contributed by atoms with Crippen molar-refractivity contribution >= 4 is 21.8 Å². The predicted molar refractivity (Wildman–Crippen MR) is 83.8 cm³/mol. The number of halogens is 1. The van der Waals surface area contributed by atoms with Gasteiger partial charge in [-0.05, 0) is 56.5 Å². The van der Waals surface area contributed by atoms with Crippen molar-refractivity contribution in [2.24, 2.45) is 0 Å². The topological polar surface area (TPSA) is 32.3 Å². The summed E-state index contributed by atoms with van der Waals surface area (Å²) >= 11 is 3.42. The van der Waals surface area contributed by atoms with E-state index in [4.69, 9.17) is 0 Å². The van der Waals surface area contributed by atoms with Gasteiger partial charge < -0.3 is 10.2 Å². The highest BCUT2D eigenvalue weighted by atomic mass is 79.9. The Balaban J connectivity index is 1.69. The number of nitrogens with one attached hydrogen (secondary N) is 1. The summed E-state index contributed by atoms with van der Waals surface area (Å²) in [5.41, 5.74) is 0.802. The van der Waals surface area contributed by atoms with Crippen LogP contribution in [0, 0.1) is 0 Å². The molecule has 0 spiro atoms. The van der Waals surface area contributed by atoms with Gasteiger partial charge in [0.15, 0.2) is 0 Å². The molecule has 1 atom stereocenters. The number of hydrogen-bond donors (Lipinski definition) is 1. The summed E-state index contributed by atoms with van der Waals surface area (Å²) < 4.78 is 1.01. The number of carbonyl (C=O) groups is 1. The molecule has 1 aromatic rings. The van der Waals surface area contributed by atoms with E-state index in [-0.39, 0.29) is 5.91 Å². The molecular formula is C16H21BrN2O. The van der Waals surface area contributed by atoms with Gasteiger partial charge in [-0.2, -0.15) is 0 Å². The molecule has 3 rings (SSSR count). The number of rotatable bonds is 4. The molecule has 0 radical (unpaired) electrons. The molecule has 2 fully saturated rings. The number of carbonyl (C=O) groups excluding carboxylic acids is 1. The Morgan fingerprint density at radius 1 is 1.20 bits per heavy atom. The largest absolute Gasteiger partial charge is 0.334 e. The maximum Gasteiger partial charge on any atom is 0.254 e. The highest BCUT2D eigenvalue weighted by Crippen LogP contribution is 2.29. The Hall–Kier alpha value is -0.870. The molecule has 1 aromatic carbocycles. The van der Waals surface area contributed by atoms with Gasteiger partial charge in [-0.3, -0.25) is 4.79 Å². The summed E-state index contributed by atoms with van der Waals surface area (Å²) in [5.74, 6) is 0.187. The van der Waals surface area contributed by atoms with Gasteiger partial charge in [-0.25, -0.2) is 0 Å². The van der Waals surface area contributed by atoms with Crippen molar-refractivity contribution in [1.29, 1.82) is 0 Å². The normalized spacial score (nSPS) is 22.6. The van der Waals surface area contributed by atoms with Gasteiger partial charge in [-0.15, -0.1) is 0 Å². The van der Waals surface area contributed by atoms with Crippen molar-refractivity contribution in [2.75, 3.05) is 13.1 Å². The van der Waals surface area contributed by atoms with Crippen molar-refractivity contribution in [3.8, 4) is 0 Å². The molecule has 3 nitrogen and oxygen atoms in total. The second-order valence-corrected chi connectivity index (χ2v) is 6.76. The minimum atomic E-state index is 0.187. The third kappa shape index (κ3) is 3.41. The molecule has 0 bridgehead atoms. The van der Waals surface area contributed by atoms with Gasteiger partial charge in [0, 0.05) is 28.7 Å². The molecule has 1 heterocycles. The van der Waals surface area contributed by atoms with Crippen LogP contribution in [-0.2, 0) is 0 Å². The van der Waals surface area contributed by atoms with E-state index < -0.39 is 0 Å². The summed E-state index contributed by atoms with van der Waals surface area (Å²) in [6, 6.07) is 8.65. The van der Waals surface area contributed by atoms with Crippen LogP contribution in [0.5, 0.6) is 0 Å². The van der Waals surface area contributed by atoms with Crippen molar-refractivity contribution in [3.05, 3.63) is 34.3 Å². The third-order valence-electron chi connectivity index (χ3n) is 4.17. The summed E-state index contributed by atoms with van der Waals surface area (Å²) in [6.45, 7) is 1.95. The maximum atomic E-state index is 12.7. The fourth-order valence-corrected chi connectivity index (χ4v) is 3.12. The van der Waals surface area contributed by atoms with Crippen LogP contribution < -0.4 is 5.32 Å². The number of amides is 1. The van der Waals surface area contributed by atoms with E-state index in [9.17, 15) is 4.79 Å². The van der Waals surface area contributed by atoms with Gasteiger partial charge in [0.2, 0.25) is 0 Å². The quantitative estimate of drug-likeness (QED) is 0.915. The van der Waals surface area contributed by atoms with Gasteiger partial charge >= 0.3 is 0 Å². The van der Waals surface area contributed by atoms with E-state index >= 15 is 0 Å². The SMILES string of the molecule is O=C(c1ccc(Br)cc1)N(CC1CCCCN1)C1CC1. The molecule has 108 valence electrons. The summed E-state index contributed by atoms with van der Waals surface area (Å²) in [4.78, 5) is 14.8. The second kappa shape index (κ2) is 6.27. The van der Waals surface area contributed by atoms with Crippen molar-refractivity contribution < 1.29 is 4.79 Å². The second-order valence-electron chi connectivity index (χ2n) is 5.84. The lowest BCUT2D eigenvalue weighted by atomic mass is 10.0. The lowest BCUT2D eigenvalue weighted by Gasteiger charge is -2.31. The molecule has 1 unspecified atom stereocenters. The van der Waals surface area contributed by atoms with Crippen molar-refractivity contribution in [3.63, 3.8) is 0 Å². The molecular weight excluding hydrogens is 316 g/mol. The first-order chi connectivity index (χ1) is 9.74. The van der Waals surface area contributed by atoms with E-state index in [1.807, 2.05) is 24.3 Å². The van der Waals surface area contributed by atoms with E-state index in [1.165, 1.54) is 19.3 Å². The maximum absolute atomic E-state index is 12.7. The van der Waals surface area contributed by atoms with Gasteiger partial charge in [0.1, 0.15) is 0 Å². The zero-order valence-electron chi connectivity index (χ0n) is 11.6. The first-order valence-electron chi connectivity index (χ1n) is 7.54.